The van der Waals surface area contributed by atoms with Gasteiger partial charge in [0.1, 0.15) is 11.4 Å². The molecule has 152 valence electrons. The molecule has 1 aromatic heterocycles. The Morgan fingerprint density at radius 3 is 2.48 bits per heavy atom. The van der Waals surface area contributed by atoms with Gasteiger partial charge in [-0.1, -0.05) is 37.3 Å². The second-order valence-corrected chi connectivity index (χ2v) is 6.81. The molecule has 0 aliphatic rings. The van der Waals surface area contributed by atoms with Crippen LogP contribution in [-0.2, 0) is 6.54 Å². The second-order valence-electron chi connectivity index (χ2n) is 6.81. The summed E-state index contributed by atoms with van der Waals surface area (Å²) in [6, 6.07) is 17.7. The van der Waals surface area contributed by atoms with Gasteiger partial charge in [-0.15, -0.1) is 0 Å². The molecule has 2 aromatic carbocycles. The molecule has 0 radical (unpaired) electrons. The molecule has 0 fully saturated rings. The number of hydrogen-bond acceptors (Lipinski definition) is 4. The van der Waals surface area contributed by atoms with Gasteiger partial charge in [-0.25, -0.2) is 0 Å². The Morgan fingerprint density at radius 1 is 1.03 bits per heavy atom. The fraction of sp³-hybridized carbons (Fsp3) is 0.304. The van der Waals surface area contributed by atoms with E-state index in [4.69, 9.17) is 9.84 Å². The van der Waals surface area contributed by atoms with Crippen LogP contribution in [-0.4, -0.2) is 42.4 Å². The minimum absolute atomic E-state index is 0.117. The third-order valence-electron chi connectivity index (χ3n) is 4.57. The van der Waals surface area contributed by atoms with E-state index in [0.717, 1.165) is 36.4 Å². The second kappa shape index (κ2) is 10.4. The fourth-order valence-electron chi connectivity index (χ4n) is 3.06. The van der Waals surface area contributed by atoms with Crippen molar-refractivity contribution < 1.29 is 9.53 Å². The summed E-state index contributed by atoms with van der Waals surface area (Å²) < 4.78 is 7.06. The topological polar surface area (TPSA) is 68.2 Å². The van der Waals surface area contributed by atoms with Gasteiger partial charge in [0.15, 0.2) is 0 Å². The highest BCUT2D eigenvalue weighted by atomic mass is 16.5. The average molecular weight is 393 g/mol. The van der Waals surface area contributed by atoms with Crippen molar-refractivity contribution in [1.29, 1.82) is 0 Å². The lowest BCUT2D eigenvalue weighted by Gasteiger charge is -2.07. The van der Waals surface area contributed by atoms with Crippen LogP contribution in [0.2, 0.25) is 0 Å². The number of aromatic nitrogens is 2. The number of carbonyl (C=O) groups excluding carboxylic acids is 1. The number of nitrogens with zero attached hydrogens (tertiary/aromatic N) is 2. The quantitative estimate of drug-likeness (QED) is 0.519. The molecule has 6 nitrogen and oxygen atoms in total. The largest absolute Gasteiger partial charge is 0.497 e. The zero-order chi connectivity index (χ0) is 20.5. The highest BCUT2D eigenvalue weighted by Gasteiger charge is 2.18. The van der Waals surface area contributed by atoms with Gasteiger partial charge in [-0.3, -0.25) is 9.48 Å². The van der Waals surface area contributed by atoms with Crippen LogP contribution < -0.4 is 15.4 Å². The van der Waals surface area contributed by atoms with Crippen LogP contribution in [0, 0.1) is 0 Å². The maximum atomic E-state index is 12.8. The van der Waals surface area contributed by atoms with E-state index < -0.39 is 0 Å². The van der Waals surface area contributed by atoms with E-state index in [-0.39, 0.29) is 5.91 Å². The summed E-state index contributed by atoms with van der Waals surface area (Å²) in [4.78, 5) is 12.8. The highest BCUT2D eigenvalue weighted by molar-refractivity contribution is 5.99. The van der Waals surface area contributed by atoms with Crippen molar-refractivity contribution in [2.24, 2.45) is 0 Å². The molecule has 3 aromatic rings. The molecule has 0 unspecified atom stereocenters. The van der Waals surface area contributed by atoms with Crippen molar-refractivity contribution in [3.63, 3.8) is 0 Å². The number of amides is 1. The smallest absolute Gasteiger partial charge is 0.255 e. The van der Waals surface area contributed by atoms with E-state index in [1.54, 1.807) is 7.11 Å². The van der Waals surface area contributed by atoms with E-state index in [0.29, 0.717) is 24.3 Å². The third-order valence-corrected chi connectivity index (χ3v) is 4.57. The van der Waals surface area contributed by atoms with E-state index >= 15 is 0 Å². The minimum atomic E-state index is -0.117. The average Bonchev–Trinajstić information content (AvgIpc) is 3.18. The lowest BCUT2D eigenvalue weighted by atomic mass is 10.1. The van der Waals surface area contributed by atoms with Gasteiger partial charge in [0.05, 0.1) is 19.2 Å². The normalized spacial score (nSPS) is 10.7. The lowest BCUT2D eigenvalue weighted by Crippen LogP contribution is -2.32. The Labute approximate surface area is 171 Å². The Hall–Kier alpha value is -3.12. The third kappa shape index (κ3) is 5.68. The summed E-state index contributed by atoms with van der Waals surface area (Å²) >= 11 is 0. The summed E-state index contributed by atoms with van der Waals surface area (Å²) in [5, 5.41) is 11.0. The molecule has 2 N–H and O–H groups in total. The van der Waals surface area contributed by atoms with Gasteiger partial charge >= 0.3 is 0 Å². The number of methoxy groups -OCH3 is 1. The Kier molecular flexibility index (Phi) is 7.41. The Morgan fingerprint density at radius 2 is 1.79 bits per heavy atom. The van der Waals surface area contributed by atoms with Crippen LogP contribution in [0.3, 0.4) is 0 Å². The number of benzene rings is 2. The monoisotopic (exact) mass is 392 g/mol. The number of hydrogen-bond donors (Lipinski definition) is 2. The summed E-state index contributed by atoms with van der Waals surface area (Å²) in [5.41, 5.74) is 3.25. The molecule has 1 heterocycles. The molecule has 0 aliphatic carbocycles. The first-order valence-electron chi connectivity index (χ1n) is 9.96. The number of ether oxygens (including phenoxy) is 1. The summed E-state index contributed by atoms with van der Waals surface area (Å²) in [7, 11) is 1.63. The molecule has 1 amide bonds. The van der Waals surface area contributed by atoms with Crippen LogP contribution in [0.4, 0.5) is 0 Å². The lowest BCUT2D eigenvalue weighted by molar-refractivity contribution is 0.0954. The van der Waals surface area contributed by atoms with E-state index in [9.17, 15) is 4.79 Å². The molecule has 0 saturated heterocycles. The molecule has 0 spiro atoms. The number of nitrogens with one attached hydrogen (secondary N) is 2. The molecule has 29 heavy (non-hydrogen) atoms. The highest BCUT2D eigenvalue weighted by Crippen LogP contribution is 2.25. The van der Waals surface area contributed by atoms with Gasteiger partial charge in [0.25, 0.3) is 5.91 Å². The van der Waals surface area contributed by atoms with E-state index in [1.807, 2.05) is 65.5 Å². The van der Waals surface area contributed by atoms with Crippen molar-refractivity contribution in [2.75, 3.05) is 26.7 Å². The summed E-state index contributed by atoms with van der Waals surface area (Å²) in [5.74, 6) is 0.652. The van der Waals surface area contributed by atoms with Crippen molar-refractivity contribution in [2.45, 2.75) is 19.9 Å². The van der Waals surface area contributed by atoms with Crippen molar-refractivity contribution in [1.82, 2.24) is 20.4 Å². The SMILES string of the molecule is CCCNCCNC(=O)c1cn(Cc2ccccc2)nc1-c1ccc(OC)cc1. The Bertz CT molecular complexity index is 904. The maximum Gasteiger partial charge on any atom is 0.255 e. The minimum Gasteiger partial charge on any atom is -0.497 e. The molecule has 0 bridgehead atoms. The zero-order valence-electron chi connectivity index (χ0n) is 17.0. The van der Waals surface area contributed by atoms with Crippen LogP contribution >= 0.6 is 0 Å². The van der Waals surface area contributed by atoms with Gasteiger partial charge in [0.2, 0.25) is 0 Å². The molecule has 3 rings (SSSR count). The number of carbonyl (C=O) groups is 1. The van der Waals surface area contributed by atoms with Crippen LogP contribution in [0.5, 0.6) is 5.75 Å². The molecular weight excluding hydrogens is 364 g/mol. The predicted molar refractivity (Wildman–Crippen MR) is 115 cm³/mol. The predicted octanol–water partition coefficient (Wildman–Crippen LogP) is 3.34. The van der Waals surface area contributed by atoms with Crippen LogP contribution in [0.1, 0.15) is 29.3 Å². The van der Waals surface area contributed by atoms with E-state index in [2.05, 4.69) is 17.6 Å². The molecule has 6 heteroatoms. The van der Waals surface area contributed by atoms with E-state index in [1.165, 1.54) is 0 Å². The fourth-order valence-corrected chi connectivity index (χ4v) is 3.06. The zero-order valence-corrected chi connectivity index (χ0v) is 17.0. The first-order valence-corrected chi connectivity index (χ1v) is 9.96. The Balaban J connectivity index is 1.82. The molecular formula is C23H28N4O2. The van der Waals surface area contributed by atoms with Crippen molar-refractivity contribution >= 4 is 5.91 Å². The first-order chi connectivity index (χ1) is 14.2. The van der Waals surface area contributed by atoms with Crippen LogP contribution in [0.25, 0.3) is 11.3 Å². The molecule has 0 saturated carbocycles. The van der Waals surface area contributed by atoms with Gasteiger partial charge in [-0.2, -0.15) is 5.10 Å². The van der Waals surface area contributed by atoms with Crippen LogP contribution in [0.15, 0.2) is 60.8 Å². The molecule has 0 atom stereocenters. The van der Waals surface area contributed by atoms with Gasteiger partial charge < -0.3 is 15.4 Å². The van der Waals surface area contributed by atoms with Crippen molar-refractivity contribution in [3.8, 4) is 17.0 Å². The summed E-state index contributed by atoms with van der Waals surface area (Å²) in [6.45, 7) is 4.99. The number of rotatable bonds is 10. The maximum absolute atomic E-state index is 12.8. The molecule has 0 aliphatic heterocycles. The summed E-state index contributed by atoms with van der Waals surface area (Å²) in [6.07, 6.45) is 2.89. The van der Waals surface area contributed by atoms with Crippen molar-refractivity contribution in [3.05, 3.63) is 71.9 Å². The van der Waals surface area contributed by atoms with Gasteiger partial charge in [-0.05, 0) is 42.8 Å². The standard InChI is InChI=1S/C23H28N4O2/c1-3-13-24-14-15-25-23(28)21-17-27(16-18-7-5-4-6-8-18)26-22(21)19-9-11-20(29-2)12-10-19/h4-12,17,24H,3,13-16H2,1-2H3,(H,25,28). The van der Waals surface area contributed by atoms with Gasteiger partial charge in [0, 0.05) is 24.8 Å². The first kappa shape index (κ1) is 20.6.